The number of imidazole rings is 1. The van der Waals surface area contributed by atoms with Gasteiger partial charge in [0.15, 0.2) is 5.69 Å². The average molecular weight is 359 g/mol. The zero-order chi connectivity index (χ0) is 17.6. The van der Waals surface area contributed by atoms with E-state index in [1.807, 2.05) is 29.8 Å². The van der Waals surface area contributed by atoms with Gasteiger partial charge in [0.05, 0.1) is 17.6 Å². The number of aryl methyl sites for hydroxylation is 1. The number of rotatable bonds is 3. The largest absolute Gasteiger partial charge is 0.343 e. The number of aromatic nitrogens is 4. The summed E-state index contributed by atoms with van der Waals surface area (Å²) in [6, 6.07) is 5.70. The third-order valence-corrected chi connectivity index (χ3v) is 4.98. The quantitative estimate of drug-likeness (QED) is 0.663. The summed E-state index contributed by atoms with van der Waals surface area (Å²) >= 11 is 6.01. The number of nitrogens with one attached hydrogen (secondary N) is 2. The van der Waals surface area contributed by atoms with Crippen molar-refractivity contribution in [2.75, 3.05) is 0 Å². The molecule has 2 heterocycles. The molecule has 8 heteroatoms. The third kappa shape index (κ3) is 2.89. The minimum atomic E-state index is -0.196. The molecule has 0 fully saturated rings. The monoisotopic (exact) mass is 358 g/mol. The topological polar surface area (TPSA) is 102 Å². The molecule has 0 saturated heterocycles. The Labute approximate surface area is 149 Å². The van der Waals surface area contributed by atoms with Gasteiger partial charge in [-0.2, -0.15) is 5.10 Å². The molecule has 2 aromatic heterocycles. The zero-order valence-corrected chi connectivity index (χ0v) is 14.6. The van der Waals surface area contributed by atoms with Crippen molar-refractivity contribution in [3.05, 3.63) is 46.0 Å². The van der Waals surface area contributed by atoms with Crippen LogP contribution in [-0.2, 0) is 26.4 Å². The summed E-state index contributed by atoms with van der Waals surface area (Å²) in [5.74, 6) is 0.565. The summed E-state index contributed by atoms with van der Waals surface area (Å²) in [6.07, 6.45) is 2.39. The van der Waals surface area contributed by atoms with Crippen LogP contribution in [0.5, 0.6) is 0 Å². The van der Waals surface area contributed by atoms with Crippen LogP contribution < -0.4 is 11.1 Å². The molecule has 7 nitrogen and oxygen atoms in total. The standard InChI is InChI=1S/C17H19ClN6O/c1-24-14-5-2-9(18)6-13(14)21-15(24)8-20-17(25)16-11-4-3-10(19)7-12(11)22-23-16/h2,5-6,10H,3-4,7-8,19H2,1H3,(H,20,25)(H,22,23). The maximum Gasteiger partial charge on any atom is 0.272 e. The fraction of sp³-hybridized carbons (Fsp3) is 0.353. The molecule has 1 atom stereocenters. The number of carbonyl (C=O) groups excluding carboxylic acids is 1. The fourth-order valence-corrected chi connectivity index (χ4v) is 3.51. The van der Waals surface area contributed by atoms with Gasteiger partial charge in [0.25, 0.3) is 5.91 Å². The first kappa shape index (κ1) is 16.1. The Morgan fingerprint density at radius 1 is 1.52 bits per heavy atom. The number of H-pyrrole nitrogens is 1. The Morgan fingerprint density at radius 2 is 2.36 bits per heavy atom. The molecular formula is C17H19ClN6O. The second-order valence-electron chi connectivity index (χ2n) is 6.43. The molecule has 1 unspecified atom stereocenters. The molecule has 0 spiro atoms. The van der Waals surface area contributed by atoms with Gasteiger partial charge >= 0.3 is 0 Å². The SMILES string of the molecule is Cn1c(CNC(=O)c2n[nH]c3c2CCC(N)C3)nc2cc(Cl)ccc21. The number of hydrogen-bond acceptors (Lipinski definition) is 4. The number of nitrogens with two attached hydrogens (primary N) is 1. The molecule has 0 bridgehead atoms. The van der Waals surface area contributed by atoms with Gasteiger partial charge in [-0.1, -0.05) is 11.6 Å². The number of amides is 1. The average Bonchev–Trinajstić information content (AvgIpc) is 3.13. The predicted octanol–water partition coefficient (Wildman–Crippen LogP) is 1.70. The molecule has 0 radical (unpaired) electrons. The van der Waals surface area contributed by atoms with Crippen molar-refractivity contribution >= 4 is 28.5 Å². The molecule has 1 aromatic carbocycles. The summed E-state index contributed by atoms with van der Waals surface area (Å²) in [5.41, 5.74) is 10.2. The van der Waals surface area contributed by atoms with E-state index in [0.29, 0.717) is 17.3 Å². The van der Waals surface area contributed by atoms with E-state index < -0.39 is 0 Å². The normalized spacial score (nSPS) is 16.8. The second kappa shape index (κ2) is 6.16. The van der Waals surface area contributed by atoms with Crippen LogP contribution in [0.1, 0.15) is 34.0 Å². The van der Waals surface area contributed by atoms with Gasteiger partial charge in [-0.3, -0.25) is 9.89 Å². The first-order valence-electron chi connectivity index (χ1n) is 8.23. The van der Waals surface area contributed by atoms with Crippen LogP contribution in [0.15, 0.2) is 18.2 Å². The highest BCUT2D eigenvalue weighted by Crippen LogP contribution is 2.22. The fourth-order valence-electron chi connectivity index (χ4n) is 3.35. The highest BCUT2D eigenvalue weighted by Gasteiger charge is 2.24. The van der Waals surface area contributed by atoms with Gasteiger partial charge < -0.3 is 15.6 Å². The molecule has 4 rings (SSSR count). The van der Waals surface area contributed by atoms with Crippen molar-refractivity contribution in [3.8, 4) is 0 Å². The van der Waals surface area contributed by atoms with Crippen LogP contribution in [-0.4, -0.2) is 31.7 Å². The second-order valence-corrected chi connectivity index (χ2v) is 6.87. The summed E-state index contributed by atoms with van der Waals surface area (Å²) < 4.78 is 1.95. The van der Waals surface area contributed by atoms with Crippen molar-refractivity contribution in [2.24, 2.45) is 12.8 Å². The first-order chi connectivity index (χ1) is 12.0. The van der Waals surface area contributed by atoms with Gasteiger partial charge in [-0.15, -0.1) is 0 Å². The predicted molar refractivity (Wildman–Crippen MR) is 95.5 cm³/mol. The lowest BCUT2D eigenvalue weighted by Crippen LogP contribution is -2.29. The van der Waals surface area contributed by atoms with Crippen LogP contribution in [0, 0.1) is 0 Å². The van der Waals surface area contributed by atoms with E-state index in [2.05, 4.69) is 20.5 Å². The Morgan fingerprint density at radius 3 is 3.20 bits per heavy atom. The smallest absolute Gasteiger partial charge is 0.272 e. The van der Waals surface area contributed by atoms with Crippen LogP contribution in [0.4, 0.5) is 0 Å². The zero-order valence-electron chi connectivity index (χ0n) is 13.8. The summed E-state index contributed by atoms with van der Waals surface area (Å²) in [4.78, 5) is 17.1. The Kier molecular flexibility index (Phi) is 3.97. The van der Waals surface area contributed by atoms with Gasteiger partial charge in [0.1, 0.15) is 5.82 Å². The van der Waals surface area contributed by atoms with E-state index in [1.165, 1.54) is 0 Å². The highest BCUT2D eigenvalue weighted by molar-refractivity contribution is 6.31. The van der Waals surface area contributed by atoms with Crippen molar-refractivity contribution in [2.45, 2.75) is 31.8 Å². The van der Waals surface area contributed by atoms with Crippen molar-refractivity contribution < 1.29 is 4.79 Å². The van der Waals surface area contributed by atoms with E-state index >= 15 is 0 Å². The van der Waals surface area contributed by atoms with Gasteiger partial charge in [0.2, 0.25) is 0 Å². The molecule has 3 aromatic rings. The van der Waals surface area contributed by atoms with Crippen molar-refractivity contribution in [1.82, 2.24) is 25.1 Å². The lowest BCUT2D eigenvalue weighted by atomic mass is 9.92. The number of aromatic amines is 1. The number of benzene rings is 1. The minimum absolute atomic E-state index is 0.135. The van der Waals surface area contributed by atoms with Gasteiger partial charge in [-0.05, 0) is 31.0 Å². The molecular weight excluding hydrogens is 340 g/mol. The number of fused-ring (bicyclic) bond motifs is 2. The molecule has 130 valence electrons. The van der Waals surface area contributed by atoms with E-state index in [1.54, 1.807) is 0 Å². The van der Waals surface area contributed by atoms with Crippen LogP contribution in [0.25, 0.3) is 11.0 Å². The Bertz CT molecular complexity index is 960. The highest BCUT2D eigenvalue weighted by atomic mass is 35.5. The Balaban J connectivity index is 1.52. The summed E-state index contributed by atoms with van der Waals surface area (Å²) in [5, 5.41) is 10.7. The molecule has 0 saturated carbocycles. The van der Waals surface area contributed by atoms with Crippen molar-refractivity contribution in [3.63, 3.8) is 0 Å². The van der Waals surface area contributed by atoms with E-state index in [0.717, 1.165) is 47.4 Å². The number of nitrogens with zero attached hydrogens (tertiary/aromatic N) is 3. The third-order valence-electron chi connectivity index (χ3n) is 4.74. The van der Waals surface area contributed by atoms with Crippen LogP contribution in [0.2, 0.25) is 5.02 Å². The van der Waals surface area contributed by atoms with Crippen LogP contribution in [0.3, 0.4) is 0 Å². The van der Waals surface area contributed by atoms with E-state index in [4.69, 9.17) is 17.3 Å². The number of halogens is 1. The lowest BCUT2D eigenvalue weighted by molar-refractivity contribution is 0.0943. The van der Waals surface area contributed by atoms with Gasteiger partial charge in [0, 0.05) is 35.8 Å². The molecule has 1 amide bonds. The molecule has 4 N–H and O–H groups in total. The Hall–Kier alpha value is -2.38. The van der Waals surface area contributed by atoms with Crippen molar-refractivity contribution in [1.29, 1.82) is 0 Å². The molecule has 1 aliphatic rings. The molecule has 0 aliphatic heterocycles. The number of carbonyl (C=O) groups is 1. The van der Waals surface area contributed by atoms with E-state index in [9.17, 15) is 4.79 Å². The first-order valence-corrected chi connectivity index (χ1v) is 8.61. The lowest BCUT2D eigenvalue weighted by Gasteiger charge is -2.17. The number of hydrogen-bond donors (Lipinski definition) is 3. The van der Waals surface area contributed by atoms with E-state index in [-0.39, 0.29) is 11.9 Å². The molecule has 1 aliphatic carbocycles. The summed E-state index contributed by atoms with van der Waals surface area (Å²) in [6.45, 7) is 0.322. The maximum absolute atomic E-state index is 12.5. The molecule has 25 heavy (non-hydrogen) atoms. The minimum Gasteiger partial charge on any atom is -0.343 e. The van der Waals surface area contributed by atoms with Gasteiger partial charge in [-0.25, -0.2) is 4.98 Å². The van der Waals surface area contributed by atoms with Crippen LogP contribution >= 0.6 is 11.6 Å². The maximum atomic E-state index is 12.5. The summed E-state index contributed by atoms with van der Waals surface area (Å²) in [7, 11) is 1.92.